The Morgan fingerprint density at radius 1 is 0.875 bits per heavy atom. The average molecular weight is 417 g/mol. The first-order valence-corrected chi connectivity index (χ1v) is 10.4. The second-order valence-corrected chi connectivity index (χ2v) is 7.62. The monoisotopic (exact) mass is 417 g/mol. The van der Waals surface area contributed by atoms with Crippen LogP contribution < -0.4 is 5.32 Å². The van der Waals surface area contributed by atoms with Gasteiger partial charge in [-0.15, -0.1) is 0 Å². The summed E-state index contributed by atoms with van der Waals surface area (Å²) in [6, 6.07) is 26.4. The Kier molecular flexibility index (Phi) is 4.39. The molecule has 1 N–H and O–H groups in total. The van der Waals surface area contributed by atoms with Gasteiger partial charge >= 0.3 is 0 Å². The number of fused-ring (bicyclic) bond motifs is 2. The fourth-order valence-corrected chi connectivity index (χ4v) is 3.94. The number of benzene rings is 3. The van der Waals surface area contributed by atoms with Crippen LogP contribution in [-0.4, -0.2) is 19.7 Å². The van der Waals surface area contributed by atoms with E-state index in [-0.39, 0.29) is 0 Å². The first-order valence-electron chi connectivity index (χ1n) is 10.4. The topological polar surface area (TPSA) is 68.8 Å². The highest BCUT2D eigenvalue weighted by Crippen LogP contribution is 2.29. The zero-order valence-electron chi connectivity index (χ0n) is 17.1. The number of anilines is 2. The van der Waals surface area contributed by atoms with Gasteiger partial charge in [0.2, 0.25) is 0 Å². The van der Waals surface area contributed by atoms with E-state index in [9.17, 15) is 0 Å². The van der Waals surface area contributed by atoms with Crippen LogP contribution in [0.3, 0.4) is 0 Å². The highest BCUT2D eigenvalue weighted by molar-refractivity contribution is 5.94. The molecule has 0 spiro atoms. The van der Waals surface area contributed by atoms with Crippen LogP contribution in [0.1, 0.15) is 5.56 Å². The molecule has 0 saturated heterocycles. The molecule has 0 unspecified atom stereocenters. The van der Waals surface area contributed by atoms with Crippen molar-refractivity contribution in [2.75, 3.05) is 5.32 Å². The molecule has 0 aliphatic heterocycles. The molecule has 0 fully saturated rings. The van der Waals surface area contributed by atoms with Crippen LogP contribution in [0.4, 0.5) is 11.5 Å². The summed E-state index contributed by atoms with van der Waals surface area (Å²) in [6.45, 7) is 0.739. The molecule has 6 rings (SSSR count). The lowest BCUT2D eigenvalue weighted by atomic mass is 10.1. The van der Waals surface area contributed by atoms with Crippen LogP contribution in [0.2, 0.25) is 0 Å². The minimum absolute atomic E-state index is 0.739. The summed E-state index contributed by atoms with van der Waals surface area (Å²) in [5.41, 5.74) is 5.11. The van der Waals surface area contributed by atoms with Crippen molar-refractivity contribution in [1.29, 1.82) is 0 Å². The van der Waals surface area contributed by atoms with Gasteiger partial charge in [0.05, 0.1) is 30.0 Å². The standard InChI is InChI=1S/C26H19N5O/c1-2-5-18(6-3-1)16-31-24-11-9-21(13-20(24)15-29-31)30-26-22-14-19(25-7-4-12-32-25)8-10-23(22)27-17-28-26/h1-15,17H,16H2,(H,27,28,30). The maximum absolute atomic E-state index is 5.55. The molecule has 3 aromatic heterocycles. The Hall–Kier alpha value is -4.45. The van der Waals surface area contributed by atoms with E-state index in [1.807, 2.05) is 59.4 Å². The molecule has 0 bridgehead atoms. The minimum atomic E-state index is 0.739. The highest BCUT2D eigenvalue weighted by atomic mass is 16.3. The van der Waals surface area contributed by atoms with E-state index >= 15 is 0 Å². The second-order valence-electron chi connectivity index (χ2n) is 7.62. The number of rotatable bonds is 5. The molecule has 6 heteroatoms. The third-order valence-electron chi connectivity index (χ3n) is 5.52. The second kappa shape index (κ2) is 7.67. The van der Waals surface area contributed by atoms with Crippen LogP contribution in [0.15, 0.2) is 102 Å². The van der Waals surface area contributed by atoms with Crippen LogP contribution >= 0.6 is 0 Å². The van der Waals surface area contributed by atoms with E-state index in [0.29, 0.717) is 0 Å². The molecular formula is C26H19N5O. The maximum atomic E-state index is 5.55. The first-order chi connectivity index (χ1) is 15.8. The summed E-state index contributed by atoms with van der Waals surface area (Å²) in [5.74, 6) is 1.56. The van der Waals surface area contributed by atoms with Crippen LogP contribution in [0.5, 0.6) is 0 Å². The van der Waals surface area contributed by atoms with Crippen molar-refractivity contribution in [3.63, 3.8) is 0 Å². The Balaban J connectivity index is 1.33. The molecule has 0 saturated carbocycles. The third kappa shape index (κ3) is 3.37. The van der Waals surface area contributed by atoms with E-state index in [2.05, 4.69) is 50.7 Å². The number of nitrogens with zero attached hydrogens (tertiary/aromatic N) is 4. The van der Waals surface area contributed by atoms with Gasteiger partial charge in [-0.3, -0.25) is 4.68 Å². The van der Waals surface area contributed by atoms with Gasteiger partial charge in [-0.05, 0) is 54.1 Å². The lowest BCUT2D eigenvalue weighted by molar-refractivity contribution is 0.582. The average Bonchev–Trinajstić information content (AvgIpc) is 3.50. The molecule has 0 aliphatic rings. The summed E-state index contributed by atoms with van der Waals surface area (Å²) < 4.78 is 7.57. The number of nitrogens with one attached hydrogen (secondary N) is 1. The van der Waals surface area contributed by atoms with Crippen molar-refractivity contribution in [2.24, 2.45) is 0 Å². The van der Waals surface area contributed by atoms with Crippen LogP contribution in [0.25, 0.3) is 33.1 Å². The Bertz CT molecular complexity index is 1520. The van der Waals surface area contributed by atoms with Crippen molar-refractivity contribution < 1.29 is 4.42 Å². The molecule has 154 valence electrons. The molecule has 0 aliphatic carbocycles. The molecule has 0 atom stereocenters. The molecule has 0 radical (unpaired) electrons. The third-order valence-corrected chi connectivity index (χ3v) is 5.52. The number of hydrogen-bond acceptors (Lipinski definition) is 5. The van der Waals surface area contributed by atoms with Crippen molar-refractivity contribution in [3.8, 4) is 11.3 Å². The zero-order valence-corrected chi connectivity index (χ0v) is 17.1. The SMILES string of the molecule is c1ccc(Cn2ncc3cc(Nc4ncnc5ccc(-c6ccco6)cc45)ccc32)cc1. The first kappa shape index (κ1) is 18.3. The fraction of sp³-hybridized carbons (Fsp3) is 0.0385. The molecule has 0 amide bonds. The quantitative estimate of drug-likeness (QED) is 0.371. The van der Waals surface area contributed by atoms with E-state index in [1.54, 1.807) is 12.6 Å². The minimum Gasteiger partial charge on any atom is -0.464 e. The lowest BCUT2D eigenvalue weighted by Gasteiger charge is -2.10. The van der Waals surface area contributed by atoms with Gasteiger partial charge < -0.3 is 9.73 Å². The molecular weight excluding hydrogens is 398 g/mol. The normalized spacial score (nSPS) is 11.2. The Morgan fingerprint density at radius 3 is 2.69 bits per heavy atom. The maximum Gasteiger partial charge on any atom is 0.141 e. The van der Waals surface area contributed by atoms with E-state index < -0.39 is 0 Å². The Morgan fingerprint density at radius 2 is 1.81 bits per heavy atom. The summed E-state index contributed by atoms with van der Waals surface area (Å²) in [5, 5.41) is 10.0. The van der Waals surface area contributed by atoms with E-state index in [1.165, 1.54) is 5.56 Å². The van der Waals surface area contributed by atoms with Gasteiger partial charge in [-0.2, -0.15) is 5.10 Å². The number of hydrogen-bond donors (Lipinski definition) is 1. The van der Waals surface area contributed by atoms with Crippen molar-refractivity contribution in [3.05, 3.63) is 103 Å². The summed E-state index contributed by atoms with van der Waals surface area (Å²) >= 11 is 0. The van der Waals surface area contributed by atoms with Gasteiger partial charge in [0, 0.05) is 22.0 Å². The van der Waals surface area contributed by atoms with Crippen molar-refractivity contribution >= 4 is 33.3 Å². The predicted molar refractivity (Wildman–Crippen MR) is 126 cm³/mol. The summed E-state index contributed by atoms with van der Waals surface area (Å²) in [6.07, 6.45) is 5.15. The van der Waals surface area contributed by atoms with E-state index in [4.69, 9.17) is 4.42 Å². The molecule has 3 aromatic carbocycles. The van der Waals surface area contributed by atoms with Gasteiger partial charge in [0.1, 0.15) is 17.9 Å². The predicted octanol–water partition coefficient (Wildman–Crippen LogP) is 6.03. The molecule has 3 heterocycles. The van der Waals surface area contributed by atoms with Gasteiger partial charge in [0.15, 0.2) is 0 Å². The Labute approximate surface area is 184 Å². The largest absolute Gasteiger partial charge is 0.464 e. The number of aromatic nitrogens is 4. The highest BCUT2D eigenvalue weighted by Gasteiger charge is 2.10. The molecule has 32 heavy (non-hydrogen) atoms. The summed E-state index contributed by atoms with van der Waals surface area (Å²) in [7, 11) is 0. The van der Waals surface area contributed by atoms with Gasteiger partial charge in [-0.1, -0.05) is 30.3 Å². The fourth-order valence-electron chi connectivity index (χ4n) is 3.94. The molecule has 6 aromatic rings. The van der Waals surface area contributed by atoms with Crippen molar-refractivity contribution in [2.45, 2.75) is 6.54 Å². The smallest absolute Gasteiger partial charge is 0.141 e. The van der Waals surface area contributed by atoms with Crippen molar-refractivity contribution in [1.82, 2.24) is 19.7 Å². The van der Waals surface area contributed by atoms with Gasteiger partial charge in [-0.25, -0.2) is 9.97 Å². The lowest BCUT2D eigenvalue weighted by Crippen LogP contribution is -2.01. The summed E-state index contributed by atoms with van der Waals surface area (Å²) in [4.78, 5) is 8.90. The van der Waals surface area contributed by atoms with Gasteiger partial charge in [0.25, 0.3) is 0 Å². The van der Waals surface area contributed by atoms with E-state index in [0.717, 1.165) is 51.2 Å². The van der Waals surface area contributed by atoms with Crippen LogP contribution in [0, 0.1) is 0 Å². The van der Waals surface area contributed by atoms with Crippen LogP contribution in [-0.2, 0) is 6.54 Å². The molecule has 6 nitrogen and oxygen atoms in total. The number of furan rings is 1. The zero-order chi connectivity index (χ0) is 21.3.